The van der Waals surface area contributed by atoms with Crippen LogP contribution >= 0.6 is 11.3 Å². The highest BCUT2D eigenvalue weighted by Gasteiger charge is 2.03. The van der Waals surface area contributed by atoms with Gasteiger partial charge in [-0.2, -0.15) is 0 Å². The molecule has 0 saturated heterocycles. The molecule has 0 saturated carbocycles. The fourth-order valence-electron chi connectivity index (χ4n) is 2.21. The van der Waals surface area contributed by atoms with E-state index in [9.17, 15) is 0 Å². The zero-order valence-corrected chi connectivity index (χ0v) is 14.3. The second-order valence-electron chi connectivity index (χ2n) is 5.04. The molecule has 22 heavy (non-hydrogen) atoms. The number of aliphatic imine (C=N–C) groups is 1. The maximum Gasteiger partial charge on any atom is 0.191 e. The second kappa shape index (κ2) is 8.54. The first-order chi connectivity index (χ1) is 10.7. The Labute approximate surface area is 136 Å². The van der Waals surface area contributed by atoms with Gasteiger partial charge < -0.3 is 10.6 Å². The van der Waals surface area contributed by atoms with E-state index < -0.39 is 0 Å². The number of rotatable bonds is 6. The van der Waals surface area contributed by atoms with Crippen molar-refractivity contribution in [1.29, 1.82) is 0 Å². The number of nitrogens with zero attached hydrogens (tertiary/aromatic N) is 2. The first-order valence-electron chi connectivity index (χ1n) is 7.73. The lowest BCUT2D eigenvalue weighted by Gasteiger charge is -2.11. The third-order valence-corrected chi connectivity index (χ3v) is 4.24. The van der Waals surface area contributed by atoms with Crippen LogP contribution in [0.1, 0.15) is 34.9 Å². The molecule has 0 spiro atoms. The third-order valence-electron chi connectivity index (χ3n) is 3.33. The molecule has 2 rings (SSSR count). The SMILES string of the molecule is CCNC(=NCc1ccccc1CC)NCc1ncc(C)s1. The van der Waals surface area contributed by atoms with Gasteiger partial charge in [-0.25, -0.2) is 9.98 Å². The number of thiazole rings is 1. The van der Waals surface area contributed by atoms with Crippen LogP contribution in [0.25, 0.3) is 0 Å². The van der Waals surface area contributed by atoms with E-state index in [1.807, 2.05) is 6.20 Å². The lowest BCUT2D eigenvalue weighted by Crippen LogP contribution is -2.36. The zero-order chi connectivity index (χ0) is 15.8. The predicted octanol–water partition coefficient (Wildman–Crippen LogP) is 3.27. The van der Waals surface area contributed by atoms with Gasteiger partial charge in [0.25, 0.3) is 0 Å². The number of hydrogen-bond acceptors (Lipinski definition) is 3. The number of nitrogens with one attached hydrogen (secondary N) is 2. The van der Waals surface area contributed by atoms with Gasteiger partial charge in [0.05, 0.1) is 13.1 Å². The van der Waals surface area contributed by atoms with Crippen LogP contribution in [-0.2, 0) is 19.5 Å². The van der Waals surface area contributed by atoms with Crippen LogP contribution < -0.4 is 10.6 Å². The van der Waals surface area contributed by atoms with E-state index >= 15 is 0 Å². The van der Waals surface area contributed by atoms with E-state index in [0.717, 1.165) is 23.9 Å². The zero-order valence-electron chi connectivity index (χ0n) is 13.5. The van der Waals surface area contributed by atoms with Crippen molar-refractivity contribution in [1.82, 2.24) is 15.6 Å². The van der Waals surface area contributed by atoms with Crippen molar-refractivity contribution in [3.8, 4) is 0 Å². The first kappa shape index (κ1) is 16.5. The average Bonchev–Trinajstić information content (AvgIpc) is 2.96. The van der Waals surface area contributed by atoms with E-state index in [1.165, 1.54) is 16.0 Å². The normalized spacial score (nSPS) is 11.5. The smallest absolute Gasteiger partial charge is 0.191 e. The lowest BCUT2D eigenvalue weighted by atomic mass is 10.1. The summed E-state index contributed by atoms with van der Waals surface area (Å²) < 4.78 is 0. The molecule has 0 atom stereocenters. The van der Waals surface area contributed by atoms with Crippen molar-refractivity contribution in [3.63, 3.8) is 0 Å². The molecule has 1 aromatic carbocycles. The Morgan fingerprint density at radius 3 is 2.59 bits per heavy atom. The van der Waals surface area contributed by atoms with Crippen molar-refractivity contribution in [2.75, 3.05) is 6.54 Å². The molecular weight excluding hydrogens is 292 g/mol. The van der Waals surface area contributed by atoms with Crippen molar-refractivity contribution in [3.05, 3.63) is 51.5 Å². The quantitative estimate of drug-likeness (QED) is 0.635. The molecule has 0 amide bonds. The average molecular weight is 316 g/mol. The van der Waals surface area contributed by atoms with Crippen LogP contribution in [0, 0.1) is 6.92 Å². The Morgan fingerprint density at radius 2 is 1.95 bits per heavy atom. The van der Waals surface area contributed by atoms with Gasteiger partial charge in [-0.1, -0.05) is 31.2 Å². The van der Waals surface area contributed by atoms with Crippen LogP contribution in [-0.4, -0.2) is 17.5 Å². The number of aryl methyl sites for hydroxylation is 2. The summed E-state index contributed by atoms with van der Waals surface area (Å²) in [5.74, 6) is 0.834. The predicted molar refractivity (Wildman–Crippen MR) is 94.3 cm³/mol. The Hall–Kier alpha value is -1.88. The minimum atomic E-state index is 0.691. The van der Waals surface area contributed by atoms with E-state index in [2.05, 4.69) is 65.6 Å². The van der Waals surface area contributed by atoms with Gasteiger partial charge >= 0.3 is 0 Å². The van der Waals surface area contributed by atoms with E-state index in [-0.39, 0.29) is 0 Å². The highest BCUT2D eigenvalue weighted by molar-refractivity contribution is 7.11. The van der Waals surface area contributed by atoms with Crippen LogP contribution in [0.3, 0.4) is 0 Å². The topological polar surface area (TPSA) is 49.3 Å². The standard InChI is InChI=1S/C17H24N4S/c1-4-14-8-6-7-9-15(14)11-20-17(18-5-2)21-12-16-19-10-13(3)22-16/h6-10H,4-5,11-12H2,1-3H3,(H2,18,20,21). The van der Waals surface area contributed by atoms with Gasteiger partial charge in [-0.15, -0.1) is 11.3 Å². The van der Waals surface area contributed by atoms with Gasteiger partial charge in [0.2, 0.25) is 0 Å². The molecular formula is C17H24N4S. The molecule has 2 aromatic rings. The molecule has 1 aromatic heterocycles. The maximum atomic E-state index is 4.69. The summed E-state index contributed by atoms with van der Waals surface area (Å²) in [6.45, 7) is 8.57. The molecule has 2 N–H and O–H groups in total. The Kier molecular flexibility index (Phi) is 6.40. The Bertz CT molecular complexity index is 619. The summed E-state index contributed by atoms with van der Waals surface area (Å²) in [6, 6.07) is 8.47. The minimum absolute atomic E-state index is 0.691. The summed E-state index contributed by atoms with van der Waals surface area (Å²) in [5.41, 5.74) is 2.64. The largest absolute Gasteiger partial charge is 0.357 e. The molecule has 0 unspecified atom stereocenters. The number of hydrogen-bond donors (Lipinski definition) is 2. The monoisotopic (exact) mass is 316 g/mol. The summed E-state index contributed by atoms with van der Waals surface area (Å²) in [4.78, 5) is 10.3. The highest BCUT2D eigenvalue weighted by Crippen LogP contribution is 2.11. The van der Waals surface area contributed by atoms with Crippen LogP contribution in [0.4, 0.5) is 0 Å². The molecule has 0 fully saturated rings. The van der Waals surface area contributed by atoms with Gasteiger partial charge in [0, 0.05) is 17.6 Å². The van der Waals surface area contributed by atoms with E-state index in [1.54, 1.807) is 11.3 Å². The van der Waals surface area contributed by atoms with Crippen molar-refractivity contribution < 1.29 is 0 Å². The van der Waals surface area contributed by atoms with Crippen LogP contribution in [0.5, 0.6) is 0 Å². The van der Waals surface area contributed by atoms with Gasteiger partial charge in [0.15, 0.2) is 5.96 Å². The van der Waals surface area contributed by atoms with Crippen molar-refractivity contribution >= 4 is 17.3 Å². The van der Waals surface area contributed by atoms with Gasteiger partial charge in [0.1, 0.15) is 5.01 Å². The molecule has 1 heterocycles. The van der Waals surface area contributed by atoms with Gasteiger partial charge in [-0.3, -0.25) is 0 Å². The molecule has 0 aliphatic carbocycles. The molecule has 4 nitrogen and oxygen atoms in total. The number of benzene rings is 1. The number of aromatic nitrogens is 1. The Balaban J connectivity index is 2.00. The maximum absolute atomic E-state index is 4.69. The summed E-state index contributed by atoms with van der Waals surface area (Å²) in [5, 5.41) is 7.71. The van der Waals surface area contributed by atoms with Crippen LogP contribution in [0.15, 0.2) is 35.5 Å². The molecule has 0 aliphatic heterocycles. The highest BCUT2D eigenvalue weighted by atomic mass is 32.1. The van der Waals surface area contributed by atoms with E-state index in [4.69, 9.17) is 0 Å². The van der Waals surface area contributed by atoms with Crippen LogP contribution in [0.2, 0.25) is 0 Å². The Morgan fingerprint density at radius 1 is 1.18 bits per heavy atom. The van der Waals surface area contributed by atoms with E-state index in [0.29, 0.717) is 13.1 Å². The molecule has 5 heteroatoms. The molecule has 118 valence electrons. The van der Waals surface area contributed by atoms with Crippen molar-refractivity contribution in [2.24, 2.45) is 4.99 Å². The lowest BCUT2D eigenvalue weighted by molar-refractivity contribution is 0.810. The minimum Gasteiger partial charge on any atom is -0.357 e. The molecule has 0 bridgehead atoms. The molecule has 0 radical (unpaired) electrons. The third kappa shape index (κ3) is 4.84. The summed E-state index contributed by atoms with van der Waals surface area (Å²) >= 11 is 1.71. The fraction of sp³-hybridized carbons (Fsp3) is 0.412. The van der Waals surface area contributed by atoms with Crippen molar-refractivity contribution in [2.45, 2.75) is 40.3 Å². The first-order valence-corrected chi connectivity index (χ1v) is 8.54. The van der Waals surface area contributed by atoms with Gasteiger partial charge in [-0.05, 0) is 31.4 Å². The summed E-state index contributed by atoms with van der Waals surface area (Å²) in [6.07, 6.45) is 2.94. The number of guanidine groups is 1. The molecule has 0 aliphatic rings. The fourth-order valence-corrected chi connectivity index (χ4v) is 2.93. The second-order valence-corrected chi connectivity index (χ2v) is 6.35. The summed E-state index contributed by atoms with van der Waals surface area (Å²) in [7, 11) is 0.